The minimum Gasteiger partial charge on any atom is -0.329 e. The normalized spacial score (nSPS) is 12.0. The van der Waals surface area contributed by atoms with Crippen LogP contribution < -0.4 is 11.1 Å². The Bertz CT molecular complexity index is 79.3. The predicted molar refractivity (Wildman–Crippen MR) is 46.0 cm³/mol. The Morgan fingerprint density at radius 3 is 2.40 bits per heavy atom. The molecule has 0 aliphatic carbocycles. The second-order valence-corrected chi connectivity index (χ2v) is 3.48. The highest BCUT2D eigenvalue weighted by molar-refractivity contribution is 4.68. The number of nitrogens with two attached hydrogens (primary N) is 1. The minimum absolute atomic E-state index is 0.426. The Kier molecular flexibility index (Phi) is 4.65. The maximum atomic E-state index is 5.34. The zero-order chi connectivity index (χ0) is 8.04. The molecule has 0 heterocycles. The summed E-state index contributed by atoms with van der Waals surface area (Å²) in [5.41, 5.74) is 5.76. The van der Waals surface area contributed by atoms with Crippen LogP contribution in [0.5, 0.6) is 0 Å². The summed E-state index contributed by atoms with van der Waals surface area (Å²) in [6.07, 6.45) is 1.21. The molecule has 0 saturated carbocycles. The van der Waals surface area contributed by atoms with Gasteiger partial charge in [0.25, 0.3) is 0 Å². The first-order chi connectivity index (χ1) is 4.62. The van der Waals surface area contributed by atoms with E-state index in [0.717, 1.165) is 19.6 Å². The smallest absolute Gasteiger partial charge is 0.00747 e. The van der Waals surface area contributed by atoms with E-state index in [4.69, 9.17) is 5.73 Å². The van der Waals surface area contributed by atoms with E-state index < -0.39 is 0 Å². The number of hydrogen-bond acceptors (Lipinski definition) is 2. The van der Waals surface area contributed by atoms with Gasteiger partial charge in [0.1, 0.15) is 0 Å². The fourth-order valence-corrected chi connectivity index (χ4v) is 0.654. The molecule has 0 amide bonds. The predicted octanol–water partition coefficient (Wildman–Crippen LogP) is 0.971. The van der Waals surface area contributed by atoms with Crippen LogP contribution in [0.3, 0.4) is 0 Å². The van der Waals surface area contributed by atoms with Crippen LogP contribution >= 0.6 is 0 Å². The third-order valence-electron chi connectivity index (χ3n) is 1.88. The third kappa shape index (κ3) is 4.77. The molecule has 0 aliphatic rings. The first-order valence-corrected chi connectivity index (χ1v) is 4.03. The van der Waals surface area contributed by atoms with Gasteiger partial charge in [-0.05, 0) is 11.8 Å². The molecule has 0 aromatic heterocycles. The van der Waals surface area contributed by atoms with Crippen molar-refractivity contribution >= 4 is 0 Å². The maximum Gasteiger partial charge on any atom is 0.00747 e. The summed E-state index contributed by atoms with van der Waals surface area (Å²) in [6, 6.07) is 0. The van der Waals surface area contributed by atoms with Crippen molar-refractivity contribution in [3.63, 3.8) is 0 Å². The molecule has 0 saturated heterocycles. The van der Waals surface area contributed by atoms with Gasteiger partial charge in [-0.1, -0.05) is 20.8 Å². The summed E-state index contributed by atoms with van der Waals surface area (Å²) in [5, 5.41) is 3.30. The molecular weight excluding hydrogens is 124 g/mol. The average Bonchev–Trinajstić information content (AvgIpc) is 1.89. The lowest BCUT2D eigenvalue weighted by Gasteiger charge is -2.22. The van der Waals surface area contributed by atoms with Crippen LogP contribution in [0.4, 0.5) is 0 Å². The molecule has 3 N–H and O–H groups in total. The Hall–Kier alpha value is -0.0800. The molecule has 0 radical (unpaired) electrons. The summed E-state index contributed by atoms with van der Waals surface area (Å²) < 4.78 is 0. The van der Waals surface area contributed by atoms with E-state index in [2.05, 4.69) is 26.1 Å². The van der Waals surface area contributed by atoms with Gasteiger partial charge < -0.3 is 11.1 Å². The zero-order valence-electron chi connectivity index (χ0n) is 7.41. The zero-order valence-corrected chi connectivity index (χ0v) is 7.41. The topological polar surface area (TPSA) is 38.0 Å². The molecule has 2 heteroatoms. The Morgan fingerprint density at radius 2 is 2.00 bits per heavy atom. The highest BCUT2D eigenvalue weighted by Gasteiger charge is 2.12. The Labute approximate surface area is 64.2 Å². The quantitative estimate of drug-likeness (QED) is 0.564. The highest BCUT2D eigenvalue weighted by Crippen LogP contribution is 2.17. The molecule has 0 atom stereocenters. The number of nitrogens with one attached hydrogen (secondary N) is 1. The van der Waals surface area contributed by atoms with Crippen LogP contribution in [-0.2, 0) is 0 Å². The lowest BCUT2D eigenvalue weighted by molar-refractivity contribution is 0.330. The van der Waals surface area contributed by atoms with Gasteiger partial charge >= 0.3 is 0 Å². The summed E-state index contributed by atoms with van der Waals surface area (Å²) in [4.78, 5) is 0. The third-order valence-corrected chi connectivity index (χ3v) is 1.88. The van der Waals surface area contributed by atoms with Gasteiger partial charge in [-0.25, -0.2) is 0 Å². The van der Waals surface area contributed by atoms with Crippen LogP contribution in [0.1, 0.15) is 27.2 Å². The lowest BCUT2D eigenvalue weighted by Crippen LogP contribution is -2.32. The fraction of sp³-hybridized carbons (Fsp3) is 1.00. The van der Waals surface area contributed by atoms with Gasteiger partial charge in [-0.3, -0.25) is 0 Å². The van der Waals surface area contributed by atoms with Gasteiger partial charge in [-0.15, -0.1) is 0 Å². The van der Waals surface area contributed by atoms with Crippen molar-refractivity contribution < 1.29 is 0 Å². The van der Waals surface area contributed by atoms with Crippen molar-refractivity contribution in [2.45, 2.75) is 27.2 Å². The van der Waals surface area contributed by atoms with Crippen LogP contribution in [0.25, 0.3) is 0 Å². The van der Waals surface area contributed by atoms with Crippen molar-refractivity contribution in [3.8, 4) is 0 Å². The summed E-state index contributed by atoms with van der Waals surface area (Å²) in [7, 11) is 0. The van der Waals surface area contributed by atoms with Crippen molar-refractivity contribution in [2.24, 2.45) is 11.1 Å². The molecule has 0 fully saturated rings. The Morgan fingerprint density at radius 1 is 1.40 bits per heavy atom. The molecule has 0 bridgehead atoms. The van der Waals surface area contributed by atoms with Gasteiger partial charge in [0, 0.05) is 19.6 Å². The summed E-state index contributed by atoms with van der Waals surface area (Å²) in [6.45, 7) is 9.47. The second kappa shape index (κ2) is 4.69. The van der Waals surface area contributed by atoms with Crippen LogP contribution in [-0.4, -0.2) is 19.6 Å². The van der Waals surface area contributed by atoms with Crippen molar-refractivity contribution in [1.82, 2.24) is 5.32 Å². The van der Waals surface area contributed by atoms with E-state index in [9.17, 15) is 0 Å². The van der Waals surface area contributed by atoms with Crippen molar-refractivity contribution in [3.05, 3.63) is 0 Å². The van der Waals surface area contributed by atoms with Gasteiger partial charge in [0.15, 0.2) is 0 Å². The molecule has 62 valence electrons. The molecule has 0 spiro atoms. The van der Waals surface area contributed by atoms with Crippen LogP contribution in [0.15, 0.2) is 0 Å². The summed E-state index contributed by atoms with van der Waals surface area (Å²) >= 11 is 0. The Balaban J connectivity index is 3.28. The average molecular weight is 144 g/mol. The molecule has 0 aromatic carbocycles. The largest absolute Gasteiger partial charge is 0.329 e. The lowest BCUT2D eigenvalue weighted by atomic mass is 9.90. The fourth-order valence-electron chi connectivity index (χ4n) is 0.654. The summed E-state index contributed by atoms with van der Waals surface area (Å²) in [5.74, 6) is 0. The van der Waals surface area contributed by atoms with Crippen molar-refractivity contribution in [1.29, 1.82) is 0 Å². The standard InChI is InChI=1S/C8H20N2/c1-4-8(2,3)7-10-6-5-9/h10H,4-7,9H2,1-3H3. The van der Waals surface area contributed by atoms with Gasteiger partial charge in [0.05, 0.1) is 0 Å². The van der Waals surface area contributed by atoms with E-state index in [1.54, 1.807) is 0 Å². The highest BCUT2D eigenvalue weighted by atomic mass is 14.9. The SMILES string of the molecule is CCC(C)(C)CNCCN. The molecule has 10 heavy (non-hydrogen) atoms. The van der Waals surface area contributed by atoms with Crippen LogP contribution in [0.2, 0.25) is 0 Å². The number of hydrogen-bond donors (Lipinski definition) is 2. The molecule has 0 aliphatic heterocycles. The van der Waals surface area contributed by atoms with Crippen molar-refractivity contribution in [2.75, 3.05) is 19.6 Å². The van der Waals surface area contributed by atoms with E-state index in [1.165, 1.54) is 6.42 Å². The molecule has 2 nitrogen and oxygen atoms in total. The minimum atomic E-state index is 0.426. The molecular formula is C8H20N2. The monoisotopic (exact) mass is 144 g/mol. The van der Waals surface area contributed by atoms with E-state index in [0.29, 0.717) is 5.41 Å². The molecule has 0 rings (SSSR count). The van der Waals surface area contributed by atoms with Gasteiger partial charge in [0.2, 0.25) is 0 Å². The van der Waals surface area contributed by atoms with E-state index >= 15 is 0 Å². The van der Waals surface area contributed by atoms with Gasteiger partial charge in [-0.2, -0.15) is 0 Å². The molecule has 0 unspecified atom stereocenters. The first kappa shape index (κ1) is 9.92. The van der Waals surface area contributed by atoms with E-state index in [1.807, 2.05) is 0 Å². The van der Waals surface area contributed by atoms with Crippen LogP contribution in [0, 0.1) is 5.41 Å². The molecule has 0 aromatic rings. The second-order valence-electron chi connectivity index (χ2n) is 3.48. The maximum absolute atomic E-state index is 5.34. The van der Waals surface area contributed by atoms with E-state index in [-0.39, 0.29) is 0 Å². The number of rotatable bonds is 5. The first-order valence-electron chi connectivity index (χ1n) is 4.03.